The zero-order valence-electron chi connectivity index (χ0n) is 16.5. The highest BCUT2D eigenvalue weighted by molar-refractivity contribution is 6.04. The normalized spacial score (nSPS) is 10.4. The fourth-order valence-corrected chi connectivity index (χ4v) is 2.78. The molecule has 0 bridgehead atoms. The average molecular weight is 376 g/mol. The van der Waals surface area contributed by atoms with Crippen molar-refractivity contribution in [3.63, 3.8) is 0 Å². The summed E-state index contributed by atoms with van der Waals surface area (Å²) in [5.74, 6) is 1.42. The number of hydrogen-bond donors (Lipinski definition) is 2. The maximum Gasteiger partial charge on any atom is 0.274 e. The van der Waals surface area contributed by atoms with E-state index in [9.17, 15) is 4.79 Å². The van der Waals surface area contributed by atoms with E-state index in [0.717, 1.165) is 11.1 Å². The third kappa shape index (κ3) is 4.85. The Morgan fingerprint density at radius 2 is 1.68 bits per heavy atom. The molecule has 6 nitrogen and oxygen atoms in total. The highest BCUT2D eigenvalue weighted by Crippen LogP contribution is 2.25. The Hall–Kier alpha value is -3.41. The van der Waals surface area contributed by atoms with Crippen LogP contribution in [0, 0.1) is 20.8 Å². The zero-order chi connectivity index (χ0) is 20.1. The zero-order valence-corrected chi connectivity index (χ0v) is 16.5. The summed E-state index contributed by atoms with van der Waals surface area (Å²) in [4.78, 5) is 21.4. The van der Waals surface area contributed by atoms with Crippen molar-refractivity contribution in [1.29, 1.82) is 0 Å². The van der Waals surface area contributed by atoms with E-state index >= 15 is 0 Å². The van der Waals surface area contributed by atoms with E-state index in [-0.39, 0.29) is 5.91 Å². The number of nitrogens with zero attached hydrogens (tertiary/aromatic N) is 2. The van der Waals surface area contributed by atoms with Crippen LogP contribution in [0.5, 0.6) is 5.75 Å². The molecule has 0 fully saturated rings. The Morgan fingerprint density at radius 1 is 0.964 bits per heavy atom. The molecule has 144 valence electrons. The molecule has 0 saturated carbocycles. The summed E-state index contributed by atoms with van der Waals surface area (Å²) in [6.45, 7) is 6.39. The molecule has 28 heavy (non-hydrogen) atoms. The van der Waals surface area contributed by atoms with Crippen LogP contribution in [0.4, 0.5) is 11.5 Å². The minimum Gasteiger partial charge on any atom is -0.495 e. The van der Waals surface area contributed by atoms with Crippen LogP contribution >= 0.6 is 0 Å². The van der Waals surface area contributed by atoms with Crippen LogP contribution < -0.4 is 15.4 Å². The lowest BCUT2D eigenvalue weighted by molar-refractivity contribution is 0.102. The van der Waals surface area contributed by atoms with Gasteiger partial charge >= 0.3 is 0 Å². The first-order valence-electron chi connectivity index (χ1n) is 9.05. The molecule has 1 amide bonds. The molecule has 0 saturated heterocycles. The van der Waals surface area contributed by atoms with Gasteiger partial charge in [-0.1, -0.05) is 35.9 Å². The van der Waals surface area contributed by atoms with Crippen LogP contribution in [-0.2, 0) is 6.54 Å². The lowest BCUT2D eigenvalue weighted by atomic mass is 10.1. The Bertz CT molecular complexity index is 984. The molecule has 0 aliphatic carbocycles. The van der Waals surface area contributed by atoms with Gasteiger partial charge in [0.25, 0.3) is 5.91 Å². The first kappa shape index (κ1) is 19.4. The van der Waals surface area contributed by atoms with Crippen molar-refractivity contribution in [3.05, 3.63) is 76.7 Å². The average Bonchev–Trinajstić information content (AvgIpc) is 2.67. The number of anilines is 2. The first-order valence-corrected chi connectivity index (χ1v) is 9.05. The van der Waals surface area contributed by atoms with Gasteiger partial charge in [-0.2, -0.15) is 0 Å². The van der Waals surface area contributed by atoms with E-state index in [1.807, 2.05) is 25.1 Å². The number of carbonyl (C=O) groups excluding carboxylic acids is 1. The second kappa shape index (κ2) is 8.52. The fourth-order valence-electron chi connectivity index (χ4n) is 2.78. The second-order valence-electron chi connectivity index (χ2n) is 6.68. The predicted octanol–water partition coefficient (Wildman–Crippen LogP) is 4.27. The van der Waals surface area contributed by atoms with Crippen molar-refractivity contribution in [2.45, 2.75) is 27.3 Å². The summed E-state index contributed by atoms with van der Waals surface area (Å²) >= 11 is 0. The van der Waals surface area contributed by atoms with Gasteiger partial charge < -0.3 is 15.4 Å². The molecule has 2 N–H and O–H groups in total. The molecule has 0 atom stereocenters. The van der Waals surface area contributed by atoms with E-state index < -0.39 is 0 Å². The Balaban J connectivity index is 1.76. The molecular formula is C22H24N4O2. The van der Waals surface area contributed by atoms with Crippen LogP contribution in [0.2, 0.25) is 0 Å². The van der Waals surface area contributed by atoms with Crippen molar-refractivity contribution in [2.75, 3.05) is 17.7 Å². The summed E-state index contributed by atoms with van der Waals surface area (Å²) in [5.41, 5.74) is 4.28. The Morgan fingerprint density at radius 3 is 2.39 bits per heavy atom. The van der Waals surface area contributed by atoms with E-state index in [1.54, 1.807) is 20.1 Å². The number of benzene rings is 2. The number of carbonyl (C=O) groups is 1. The molecule has 0 aliphatic heterocycles. The largest absolute Gasteiger partial charge is 0.495 e. The first-order chi connectivity index (χ1) is 13.4. The summed E-state index contributed by atoms with van der Waals surface area (Å²) in [7, 11) is 1.57. The molecule has 1 heterocycles. The van der Waals surface area contributed by atoms with Crippen LogP contribution in [0.3, 0.4) is 0 Å². The third-order valence-electron chi connectivity index (χ3n) is 4.27. The number of rotatable bonds is 6. The molecular weight excluding hydrogens is 352 g/mol. The highest BCUT2D eigenvalue weighted by Gasteiger charge is 2.13. The SMILES string of the molecule is COc1ccc(C)cc1NC(=O)c1cc(NCc2ccc(C)cc2)nc(C)n1. The van der Waals surface area contributed by atoms with Gasteiger partial charge in [-0.25, -0.2) is 9.97 Å². The number of amides is 1. The molecule has 0 spiro atoms. The second-order valence-corrected chi connectivity index (χ2v) is 6.68. The minimum atomic E-state index is -0.312. The standard InChI is InChI=1S/C22H24N4O2/c1-14-5-8-17(9-6-14)13-23-21-12-19(24-16(3)25-21)22(27)26-18-11-15(2)7-10-20(18)28-4/h5-12H,13H2,1-4H3,(H,26,27)(H,23,24,25). The number of methoxy groups -OCH3 is 1. The molecule has 0 unspecified atom stereocenters. The molecule has 3 aromatic rings. The van der Waals surface area contributed by atoms with Gasteiger partial charge in [0.2, 0.25) is 0 Å². The maximum absolute atomic E-state index is 12.7. The highest BCUT2D eigenvalue weighted by atomic mass is 16.5. The Kier molecular flexibility index (Phi) is 5.89. The number of nitrogens with one attached hydrogen (secondary N) is 2. The summed E-state index contributed by atoms with van der Waals surface area (Å²) in [5, 5.41) is 6.13. The van der Waals surface area contributed by atoms with E-state index in [2.05, 4.69) is 51.8 Å². The quantitative estimate of drug-likeness (QED) is 0.672. The van der Waals surface area contributed by atoms with E-state index in [4.69, 9.17) is 4.74 Å². The van der Waals surface area contributed by atoms with Crippen LogP contribution in [0.25, 0.3) is 0 Å². The van der Waals surface area contributed by atoms with Gasteiger partial charge in [0, 0.05) is 12.6 Å². The van der Waals surface area contributed by atoms with E-state index in [0.29, 0.717) is 35.3 Å². The monoisotopic (exact) mass is 376 g/mol. The lowest BCUT2D eigenvalue weighted by Crippen LogP contribution is -2.16. The van der Waals surface area contributed by atoms with Crippen LogP contribution in [0.1, 0.15) is 33.0 Å². The van der Waals surface area contributed by atoms with Gasteiger partial charge in [0.15, 0.2) is 0 Å². The van der Waals surface area contributed by atoms with Gasteiger partial charge in [-0.15, -0.1) is 0 Å². The van der Waals surface area contributed by atoms with Crippen molar-refractivity contribution in [2.24, 2.45) is 0 Å². The summed E-state index contributed by atoms with van der Waals surface area (Å²) in [6, 6.07) is 15.5. The van der Waals surface area contributed by atoms with Crippen molar-refractivity contribution < 1.29 is 9.53 Å². The number of aromatic nitrogens is 2. The molecule has 2 aromatic carbocycles. The van der Waals surface area contributed by atoms with E-state index in [1.165, 1.54) is 5.56 Å². The molecule has 6 heteroatoms. The summed E-state index contributed by atoms with van der Waals surface area (Å²) in [6.07, 6.45) is 0. The molecule has 0 radical (unpaired) electrons. The summed E-state index contributed by atoms with van der Waals surface area (Å²) < 4.78 is 5.32. The number of hydrogen-bond acceptors (Lipinski definition) is 5. The van der Waals surface area contributed by atoms with Crippen LogP contribution in [-0.4, -0.2) is 23.0 Å². The number of aryl methyl sites for hydroxylation is 3. The van der Waals surface area contributed by atoms with Crippen molar-refractivity contribution in [3.8, 4) is 5.75 Å². The van der Waals surface area contributed by atoms with Gasteiger partial charge in [-0.3, -0.25) is 4.79 Å². The Labute approximate surface area is 165 Å². The predicted molar refractivity (Wildman–Crippen MR) is 111 cm³/mol. The smallest absolute Gasteiger partial charge is 0.274 e. The van der Waals surface area contributed by atoms with Gasteiger partial charge in [-0.05, 0) is 44.0 Å². The lowest BCUT2D eigenvalue weighted by Gasteiger charge is -2.12. The van der Waals surface area contributed by atoms with Gasteiger partial charge in [0.1, 0.15) is 23.1 Å². The maximum atomic E-state index is 12.7. The van der Waals surface area contributed by atoms with Crippen molar-refractivity contribution >= 4 is 17.4 Å². The number of ether oxygens (including phenoxy) is 1. The topological polar surface area (TPSA) is 76.1 Å². The van der Waals surface area contributed by atoms with Crippen molar-refractivity contribution in [1.82, 2.24) is 9.97 Å². The minimum absolute atomic E-state index is 0.294. The molecule has 1 aromatic heterocycles. The molecule has 3 rings (SSSR count). The van der Waals surface area contributed by atoms with Gasteiger partial charge in [0.05, 0.1) is 12.8 Å². The molecule has 0 aliphatic rings. The third-order valence-corrected chi connectivity index (χ3v) is 4.27. The fraction of sp³-hybridized carbons (Fsp3) is 0.227. The van der Waals surface area contributed by atoms with Crippen LogP contribution in [0.15, 0.2) is 48.5 Å².